The highest BCUT2D eigenvalue weighted by Gasteiger charge is 2.88. The van der Waals surface area contributed by atoms with Crippen LogP contribution in [0.2, 0.25) is 0 Å². The normalized spacial score (nSPS) is 50.6. The minimum Gasteiger partial charge on any atom is -0.432 e. The van der Waals surface area contributed by atoms with Gasteiger partial charge in [0.05, 0.1) is 56.2 Å². The highest BCUT2D eigenvalue weighted by atomic mass is 16.8. The van der Waals surface area contributed by atoms with E-state index >= 15 is 4.79 Å². The number of aliphatic hydroxyl groups is 12. The van der Waals surface area contributed by atoms with Crippen LogP contribution in [-0.2, 0) is 52.3 Å². The summed E-state index contributed by atoms with van der Waals surface area (Å²) in [6.07, 6.45) is -11.8. The summed E-state index contributed by atoms with van der Waals surface area (Å²) < 4.78 is 47.3. The van der Waals surface area contributed by atoms with Gasteiger partial charge in [-0.1, -0.05) is 91.7 Å². The van der Waals surface area contributed by atoms with Crippen molar-refractivity contribution >= 4 is 18.2 Å². The van der Waals surface area contributed by atoms with E-state index in [0.717, 1.165) is 56.8 Å². The van der Waals surface area contributed by atoms with Crippen LogP contribution in [0.5, 0.6) is 0 Å². The quantitative estimate of drug-likeness (QED) is 0.0233. The molecule has 87 heavy (non-hydrogen) atoms. The van der Waals surface area contributed by atoms with E-state index < -0.39 is 175 Å². The van der Waals surface area contributed by atoms with E-state index in [-0.39, 0.29) is 60.6 Å². The molecule has 0 aromatic heterocycles. The SMILES string of the molecule is CC1O[C@@H](OC2C(O)[C@@H](NC(=O)CCCCCCCCCCOC3(O)CO[C@@H](CO)C3O)C(CO)O[C@H]2OC(=O)[C@]23CCC(C)(C)CC2C2=CCC4C5(C)[C@@H](CC[C@@]4(C)[C@]2(C)CC3O)[C@@]2(C=O)[C@@H](O)CC52C)C(O)C(O)[C@H]1O[C@@H]1OC[C@@H](O)C(O)C1O. The summed E-state index contributed by atoms with van der Waals surface area (Å²) in [5.41, 5.74) is -3.20. The summed E-state index contributed by atoms with van der Waals surface area (Å²) in [5, 5.41) is 135. The van der Waals surface area contributed by atoms with Gasteiger partial charge in [-0.15, -0.1) is 0 Å². The van der Waals surface area contributed by atoms with Crippen LogP contribution in [0.25, 0.3) is 0 Å². The maximum atomic E-state index is 15.7. The van der Waals surface area contributed by atoms with E-state index in [1.54, 1.807) is 0 Å². The molecule has 13 N–H and O–H groups in total. The molecule has 0 aromatic rings. The molecule has 0 radical (unpaired) electrons. The number of fused-ring (bicyclic) bond motifs is 10. The Hall–Kier alpha value is -2.41. The predicted molar refractivity (Wildman–Crippen MR) is 304 cm³/mol. The van der Waals surface area contributed by atoms with E-state index in [4.69, 9.17) is 37.9 Å². The van der Waals surface area contributed by atoms with Crippen molar-refractivity contribution in [3.8, 4) is 0 Å². The van der Waals surface area contributed by atoms with Crippen molar-refractivity contribution in [1.29, 1.82) is 0 Å². The Morgan fingerprint density at radius 1 is 0.701 bits per heavy atom. The lowest BCUT2D eigenvalue weighted by Gasteiger charge is -2.86. The maximum absolute atomic E-state index is 15.7. The van der Waals surface area contributed by atoms with Crippen LogP contribution in [0.3, 0.4) is 0 Å². The van der Waals surface area contributed by atoms with Gasteiger partial charge in [0.2, 0.25) is 18.0 Å². The van der Waals surface area contributed by atoms with Crippen molar-refractivity contribution < 1.29 is 114 Å². The average molecular weight is 1240 g/mol. The molecule has 0 aromatic carbocycles. The second-order valence-electron chi connectivity index (χ2n) is 29.5. The topological polar surface area (TPSA) is 380 Å². The Labute approximate surface area is 509 Å². The van der Waals surface area contributed by atoms with Crippen molar-refractivity contribution in [3.63, 3.8) is 0 Å². The minimum atomic E-state index is -1.96. The standard InChI is InChI=1S/C63H101NO23/c1-32-49(85-52-47(75)44(72)35(68)29-80-52)46(74)48(76)53(83-32)86-50-45(73)43(64-42(71)16-14-12-10-8-9-11-13-15-23-82-63(79)31-81-37(28-66)51(63)77)36(27-65)84-54(50)87-55(78)61-22-21-56(2,3)24-34(61)33-17-18-38-57(4,58(33,5)25-40(61)69)20-19-39-60(38,7)59(6)26-41(70)62(39,59)30-67/h17,30,32,34-41,43-54,65-66,68-70,72-77,79H,8-16,18-29,31H2,1-7H3,(H,64,71)/t32?,34?,35-,36?,37+,38?,39-,40?,41+,43+,44?,45?,46?,47?,48?,49+,50?,51?,52+,53+,54+,57-,58-,59?,60?,61-,62+,63?/m1/s1. The van der Waals surface area contributed by atoms with Gasteiger partial charge in [-0.3, -0.25) is 9.59 Å². The number of rotatable bonds is 22. The monoisotopic (exact) mass is 1240 g/mol. The third kappa shape index (κ3) is 10.8. The van der Waals surface area contributed by atoms with Gasteiger partial charge >= 0.3 is 5.97 Å². The minimum absolute atomic E-state index is 0.00575. The Kier molecular flexibility index (Phi) is 19.5. The van der Waals surface area contributed by atoms with E-state index in [1.165, 1.54) is 6.92 Å². The number of esters is 1. The number of unbranched alkanes of at least 4 members (excludes halogenated alkanes) is 7. The van der Waals surface area contributed by atoms with E-state index in [2.05, 4.69) is 52.9 Å². The zero-order valence-electron chi connectivity index (χ0n) is 51.7. The molecule has 9 fully saturated rings. The van der Waals surface area contributed by atoms with Crippen LogP contribution in [0.1, 0.15) is 158 Å². The molecule has 0 bridgehead atoms. The van der Waals surface area contributed by atoms with Crippen molar-refractivity contribution in [2.75, 3.05) is 33.0 Å². The summed E-state index contributed by atoms with van der Waals surface area (Å²) in [6, 6.07) is -1.38. The molecule has 4 saturated heterocycles. The fraction of sp³-hybridized carbons (Fsp3) is 0.921. The number of amides is 1. The molecule has 5 saturated carbocycles. The number of carbonyl (C=O) groups excluding carboxylic acids is 3. The Morgan fingerprint density at radius 2 is 1.36 bits per heavy atom. The lowest BCUT2D eigenvalue weighted by molar-refractivity contribution is -0.397. The van der Waals surface area contributed by atoms with Crippen LogP contribution < -0.4 is 5.32 Å². The van der Waals surface area contributed by atoms with Gasteiger partial charge in [0.25, 0.3) is 0 Å². The molecule has 10 aliphatic rings. The fourth-order valence-electron chi connectivity index (χ4n) is 19.1. The molecular weight excluding hydrogens is 1140 g/mol. The molecule has 6 aliphatic carbocycles. The lowest BCUT2D eigenvalue weighted by atomic mass is 9.17. The molecule has 4 aliphatic heterocycles. The Balaban J connectivity index is 0.838. The van der Waals surface area contributed by atoms with Crippen molar-refractivity contribution in [3.05, 3.63) is 11.6 Å². The summed E-state index contributed by atoms with van der Waals surface area (Å²) in [7, 11) is 0. The zero-order valence-corrected chi connectivity index (χ0v) is 51.7. The molecule has 0 spiro atoms. The molecule has 24 nitrogen and oxygen atoms in total. The van der Waals surface area contributed by atoms with Crippen LogP contribution in [0, 0.1) is 55.7 Å². The molecule has 496 valence electrons. The highest BCUT2D eigenvalue weighted by Crippen LogP contribution is 2.89. The molecule has 1 amide bonds. The van der Waals surface area contributed by atoms with Crippen LogP contribution in [-0.4, -0.2) is 229 Å². The Bertz CT molecular complexity index is 2490. The number of nitrogens with one attached hydrogen (secondary N) is 1. The summed E-state index contributed by atoms with van der Waals surface area (Å²) in [4.78, 5) is 42.4. The molecule has 10 rings (SSSR count). The Morgan fingerprint density at radius 3 is 2.01 bits per heavy atom. The number of ether oxygens (including phenoxy) is 8. The predicted octanol–water partition coefficient (Wildman–Crippen LogP) is 0.659. The average Bonchev–Trinajstić information content (AvgIpc) is 0.799. The van der Waals surface area contributed by atoms with Gasteiger partial charge in [0.15, 0.2) is 18.7 Å². The number of aldehydes is 1. The third-order valence-electron chi connectivity index (χ3n) is 24.6. The number of aliphatic hydroxyl groups excluding tert-OH is 11. The fourth-order valence-corrected chi connectivity index (χ4v) is 19.1. The number of hydrogen-bond acceptors (Lipinski definition) is 23. The van der Waals surface area contributed by atoms with Crippen molar-refractivity contribution in [2.45, 2.75) is 274 Å². The second kappa shape index (κ2) is 25.1. The highest BCUT2D eigenvalue weighted by molar-refractivity contribution is 5.80. The molecular formula is C63H101NO23. The van der Waals surface area contributed by atoms with Gasteiger partial charge in [-0.2, -0.15) is 0 Å². The molecule has 4 heterocycles. The molecule has 15 unspecified atom stereocenters. The number of hydrogen-bond donors (Lipinski definition) is 13. The van der Waals surface area contributed by atoms with Crippen LogP contribution >= 0.6 is 0 Å². The first kappa shape index (κ1) is 67.5. The van der Waals surface area contributed by atoms with Gasteiger partial charge < -0.3 is 109 Å². The van der Waals surface area contributed by atoms with Gasteiger partial charge in [0.1, 0.15) is 79.3 Å². The molecule has 28 atom stereocenters. The molecule has 24 heteroatoms. The van der Waals surface area contributed by atoms with Gasteiger partial charge in [-0.25, -0.2) is 0 Å². The van der Waals surface area contributed by atoms with Crippen molar-refractivity contribution in [1.82, 2.24) is 5.32 Å². The largest absolute Gasteiger partial charge is 0.432 e. The first-order valence-corrected chi connectivity index (χ1v) is 32.2. The zero-order chi connectivity index (χ0) is 63.2. The first-order chi connectivity index (χ1) is 41.0. The summed E-state index contributed by atoms with van der Waals surface area (Å²) >= 11 is 0. The summed E-state index contributed by atoms with van der Waals surface area (Å²) in [5.74, 6) is -3.58. The third-order valence-corrected chi connectivity index (χ3v) is 24.6. The maximum Gasteiger partial charge on any atom is 0.317 e. The number of carbonyl (C=O) groups is 3. The van der Waals surface area contributed by atoms with Crippen molar-refractivity contribution in [2.24, 2.45) is 55.7 Å². The number of allylic oxidation sites excluding steroid dienone is 2. The van der Waals surface area contributed by atoms with E-state index in [9.17, 15) is 70.9 Å². The lowest BCUT2D eigenvalue weighted by Crippen LogP contribution is -2.86. The summed E-state index contributed by atoms with van der Waals surface area (Å²) in [6.45, 7) is 13.1. The van der Waals surface area contributed by atoms with Crippen LogP contribution in [0.4, 0.5) is 0 Å². The van der Waals surface area contributed by atoms with Gasteiger partial charge in [0, 0.05) is 6.42 Å². The van der Waals surface area contributed by atoms with E-state index in [1.807, 2.05) is 0 Å². The first-order valence-electron chi connectivity index (χ1n) is 32.2. The van der Waals surface area contributed by atoms with Crippen LogP contribution in [0.15, 0.2) is 11.6 Å². The second-order valence-corrected chi connectivity index (χ2v) is 29.5. The van der Waals surface area contributed by atoms with E-state index in [0.29, 0.717) is 44.9 Å². The smallest absolute Gasteiger partial charge is 0.317 e. The van der Waals surface area contributed by atoms with Gasteiger partial charge in [-0.05, 0) is 116 Å².